The molecule has 3 heteroatoms. The highest BCUT2D eigenvalue weighted by molar-refractivity contribution is 9.10. The van der Waals surface area contributed by atoms with Crippen molar-refractivity contribution in [2.75, 3.05) is 0 Å². The molecular formula is C16H18BrNO. The van der Waals surface area contributed by atoms with E-state index >= 15 is 0 Å². The van der Waals surface area contributed by atoms with Gasteiger partial charge in [0, 0.05) is 18.7 Å². The van der Waals surface area contributed by atoms with E-state index in [0.717, 1.165) is 23.0 Å². The molecule has 0 aliphatic rings. The second-order valence-electron chi connectivity index (χ2n) is 4.47. The molecule has 0 fully saturated rings. The average molecular weight is 320 g/mol. The maximum Gasteiger partial charge on any atom is 0.134 e. The molecule has 2 nitrogen and oxygen atoms in total. The molecule has 0 aliphatic carbocycles. The normalized spacial score (nSPS) is 10.6. The van der Waals surface area contributed by atoms with Crippen LogP contribution >= 0.6 is 15.9 Å². The summed E-state index contributed by atoms with van der Waals surface area (Å²) in [5.74, 6) is 0.318. The van der Waals surface area contributed by atoms with E-state index in [2.05, 4.69) is 52.4 Å². The highest BCUT2D eigenvalue weighted by Gasteiger charge is 2.05. The second-order valence-corrected chi connectivity index (χ2v) is 5.33. The standard InChI is InChI=1S/C16H18BrNO/c1-2-12-6-3-4-7-13(12)10-18-11-14-8-5-9-15(17)16(14)19/h3-9,18-19H,2,10-11H2,1H3. The third kappa shape index (κ3) is 3.58. The first-order valence-corrected chi connectivity index (χ1v) is 7.25. The van der Waals surface area contributed by atoms with Gasteiger partial charge in [0.1, 0.15) is 5.75 Å². The van der Waals surface area contributed by atoms with Gasteiger partial charge in [0.15, 0.2) is 0 Å². The smallest absolute Gasteiger partial charge is 0.134 e. The molecule has 0 aliphatic heterocycles. The Morgan fingerprint density at radius 3 is 2.32 bits per heavy atom. The molecule has 2 aromatic carbocycles. The molecule has 0 atom stereocenters. The SMILES string of the molecule is CCc1ccccc1CNCc1cccc(Br)c1O. The molecule has 0 saturated carbocycles. The molecule has 0 aromatic heterocycles. The van der Waals surface area contributed by atoms with Gasteiger partial charge in [-0.05, 0) is 39.5 Å². The number of para-hydroxylation sites is 1. The van der Waals surface area contributed by atoms with Gasteiger partial charge in [-0.1, -0.05) is 43.3 Å². The maximum absolute atomic E-state index is 9.91. The number of phenols is 1. The predicted octanol–water partition coefficient (Wildman–Crippen LogP) is 4.01. The zero-order chi connectivity index (χ0) is 13.7. The Hall–Kier alpha value is -1.32. The van der Waals surface area contributed by atoms with Crippen LogP contribution in [0.5, 0.6) is 5.75 Å². The van der Waals surface area contributed by atoms with Crippen LogP contribution in [0.4, 0.5) is 0 Å². The molecule has 2 rings (SSSR count). The topological polar surface area (TPSA) is 32.3 Å². The Balaban J connectivity index is 1.98. The number of hydrogen-bond donors (Lipinski definition) is 2. The number of halogens is 1. The fourth-order valence-corrected chi connectivity index (χ4v) is 2.52. The second kappa shape index (κ2) is 6.73. The Morgan fingerprint density at radius 2 is 1.58 bits per heavy atom. The van der Waals surface area contributed by atoms with Gasteiger partial charge >= 0.3 is 0 Å². The largest absolute Gasteiger partial charge is 0.506 e. The number of aryl methyl sites for hydroxylation is 1. The van der Waals surface area contributed by atoms with Gasteiger partial charge in [0.25, 0.3) is 0 Å². The summed E-state index contributed by atoms with van der Waals surface area (Å²) >= 11 is 3.33. The fraction of sp³-hybridized carbons (Fsp3) is 0.250. The van der Waals surface area contributed by atoms with Crippen LogP contribution in [0, 0.1) is 0 Å². The molecule has 0 heterocycles. The molecule has 100 valence electrons. The average Bonchev–Trinajstić information content (AvgIpc) is 2.44. The molecular weight excluding hydrogens is 302 g/mol. The van der Waals surface area contributed by atoms with E-state index in [1.54, 1.807) is 0 Å². The van der Waals surface area contributed by atoms with E-state index in [1.807, 2.05) is 18.2 Å². The summed E-state index contributed by atoms with van der Waals surface area (Å²) in [6, 6.07) is 14.1. The zero-order valence-electron chi connectivity index (χ0n) is 11.0. The van der Waals surface area contributed by atoms with Crippen molar-refractivity contribution in [2.45, 2.75) is 26.4 Å². The summed E-state index contributed by atoms with van der Waals surface area (Å²) in [4.78, 5) is 0. The van der Waals surface area contributed by atoms with Gasteiger partial charge in [-0.25, -0.2) is 0 Å². The number of aromatic hydroxyl groups is 1. The van der Waals surface area contributed by atoms with Crippen molar-refractivity contribution in [3.05, 3.63) is 63.6 Å². The fourth-order valence-electron chi connectivity index (χ4n) is 2.11. The van der Waals surface area contributed by atoms with Crippen molar-refractivity contribution in [2.24, 2.45) is 0 Å². The molecule has 19 heavy (non-hydrogen) atoms. The zero-order valence-corrected chi connectivity index (χ0v) is 12.6. The first kappa shape index (κ1) is 14.1. The minimum atomic E-state index is 0.318. The van der Waals surface area contributed by atoms with E-state index in [4.69, 9.17) is 0 Å². The molecule has 2 aromatic rings. The van der Waals surface area contributed by atoms with Crippen LogP contribution in [0.3, 0.4) is 0 Å². The molecule has 0 amide bonds. The molecule has 2 N–H and O–H groups in total. The molecule has 0 saturated heterocycles. The monoisotopic (exact) mass is 319 g/mol. The minimum absolute atomic E-state index is 0.318. The number of hydrogen-bond acceptors (Lipinski definition) is 2. The number of nitrogens with one attached hydrogen (secondary N) is 1. The van der Waals surface area contributed by atoms with Crippen molar-refractivity contribution >= 4 is 15.9 Å². The van der Waals surface area contributed by atoms with Crippen LogP contribution in [-0.2, 0) is 19.5 Å². The maximum atomic E-state index is 9.91. The highest BCUT2D eigenvalue weighted by atomic mass is 79.9. The van der Waals surface area contributed by atoms with Crippen molar-refractivity contribution in [1.82, 2.24) is 5.32 Å². The number of phenolic OH excluding ortho intramolecular Hbond substituents is 1. The summed E-state index contributed by atoms with van der Waals surface area (Å²) in [6.07, 6.45) is 1.04. The van der Waals surface area contributed by atoms with Crippen LogP contribution in [0.15, 0.2) is 46.9 Å². The number of rotatable bonds is 5. The lowest BCUT2D eigenvalue weighted by Crippen LogP contribution is -2.14. The highest BCUT2D eigenvalue weighted by Crippen LogP contribution is 2.27. The lowest BCUT2D eigenvalue weighted by atomic mass is 10.1. The summed E-state index contributed by atoms with van der Waals surface area (Å²) < 4.78 is 0.737. The van der Waals surface area contributed by atoms with Crippen LogP contribution in [0.25, 0.3) is 0 Å². The number of benzene rings is 2. The first-order valence-electron chi connectivity index (χ1n) is 6.46. The third-order valence-corrected chi connectivity index (χ3v) is 3.84. The molecule has 0 spiro atoms. The minimum Gasteiger partial charge on any atom is -0.506 e. The van der Waals surface area contributed by atoms with E-state index < -0.39 is 0 Å². The van der Waals surface area contributed by atoms with Crippen molar-refractivity contribution in [1.29, 1.82) is 0 Å². The van der Waals surface area contributed by atoms with Gasteiger partial charge in [0.05, 0.1) is 4.47 Å². The van der Waals surface area contributed by atoms with Gasteiger partial charge in [-0.3, -0.25) is 0 Å². The summed E-state index contributed by atoms with van der Waals surface area (Å²) in [5.41, 5.74) is 3.59. The third-order valence-electron chi connectivity index (χ3n) is 3.20. The van der Waals surface area contributed by atoms with Crippen molar-refractivity contribution in [3.8, 4) is 5.75 Å². The summed E-state index contributed by atoms with van der Waals surface area (Å²) in [6.45, 7) is 3.64. The quantitative estimate of drug-likeness (QED) is 0.872. The van der Waals surface area contributed by atoms with Crippen molar-refractivity contribution < 1.29 is 5.11 Å². The first-order chi connectivity index (χ1) is 9.22. The Morgan fingerprint density at radius 1 is 0.947 bits per heavy atom. The van der Waals surface area contributed by atoms with Crippen LogP contribution in [0.1, 0.15) is 23.6 Å². The summed E-state index contributed by atoms with van der Waals surface area (Å²) in [7, 11) is 0. The van der Waals surface area contributed by atoms with Gasteiger partial charge in [-0.2, -0.15) is 0 Å². The molecule has 0 unspecified atom stereocenters. The van der Waals surface area contributed by atoms with E-state index in [-0.39, 0.29) is 0 Å². The van der Waals surface area contributed by atoms with Crippen LogP contribution < -0.4 is 5.32 Å². The van der Waals surface area contributed by atoms with Gasteiger partial charge < -0.3 is 10.4 Å². The Kier molecular flexibility index (Phi) is 5.00. The lowest BCUT2D eigenvalue weighted by molar-refractivity contribution is 0.461. The Labute approximate surface area is 122 Å². The lowest BCUT2D eigenvalue weighted by Gasteiger charge is -2.10. The summed E-state index contributed by atoms with van der Waals surface area (Å²) in [5, 5.41) is 13.3. The van der Waals surface area contributed by atoms with E-state index in [9.17, 15) is 5.11 Å². The van der Waals surface area contributed by atoms with Gasteiger partial charge in [-0.15, -0.1) is 0 Å². The molecule has 0 bridgehead atoms. The van der Waals surface area contributed by atoms with E-state index in [1.165, 1.54) is 11.1 Å². The van der Waals surface area contributed by atoms with E-state index in [0.29, 0.717) is 12.3 Å². The van der Waals surface area contributed by atoms with Crippen molar-refractivity contribution in [3.63, 3.8) is 0 Å². The van der Waals surface area contributed by atoms with Crippen LogP contribution in [0.2, 0.25) is 0 Å². The molecule has 0 radical (unpaired) electrons. The van der Waals surface area contributed by atoms with Gasteiger partial charge in [0.2, 0.25) is 0 Å². The Bertz CT molecular complexity index is 554. The predicted molar refractivity (Wildman–Crippen MR) is 82.2 cm³/mol. The van der Waals surface area contributed by atoms with Crippen LogP contribution in [-0.4, -0.2) is 5.11 Å².